The SMILES string of the molecule is O=C1C=C[C@@]2(C(N(c3ccccc3)S(=O)(=O)c3ccc(Br)cc3)=Cc3ccccc32)c2ccccc21. The molecule has 0 N–H and O–H groups in total. The van der Waals surface area contributed by atoms with Gasteiger partial charge in [-0.3, -0.25) is 4.79 Å². The zero-order valence-corrected chi connectivity index (χ0v) is 21.4. The number of allylic oxidation sites excluding steroid dienone is 2. The Bertz CT molecular complexity index is 1680. The minimum absolute atomic E-state index is 0.0954. The number of ketones is 1. The molecule has 2 aliphatic rings. The van der Waals surface area contributed by atoms with E-state index >= 15 is 0 Å². The molecule has 1 spiro atoms. The summed E-state index contributed by atoms with van der Waals surface area (Å²) in [4.78, 5) is 13.1. The molecule has 0 aliphatic heterocycles. The fourth-order valence-electron chi connectivity index (χ4n) is 5.16. The number of carbonyl (C=O) groups excluding carboxylic acids is 1. The van der Waals surface area contributed by atoms with Crippen molar-refractivity contribution >= 4 is 43.5 Å². The zero-order chi connectivity index (χ0) is 24.9. The number of carbonyl (C=O) groups is 1. The summed E-state index contributed by atoms with van der Waals surface area (Å²) in [5.74, 6) is -0.0954. The monoisotopic (exact) mass is 553 g/mol. The van der Waals surface area contributed by atoms with Gasteiger partial charge in [0.2, 0.25) is 0 Å². The average Bonchev–Trinajstić information content (AvgIpc) is 3.21. The van der Waals surface area contributed by atoms with Crippen LogP contribution in [0.5, 0.6) is 0 Å². The van der Waals surface area contributed by atoms with Crippen molar-refractivity contribution in [1.29, 1.82) is 0 Å². The fourth-order valence-corrected chi connectivity index (χ4v) is 6.97. The van der Waals surface area contributed by atoms with Gasteiger partial charge in [-0.05, 0) is 65.2 Å². The van der Waals surface area contributed by atoms with Gasteiger partial charge in [-0.1, -0.05) is 88.7 Å². The molecule has 0 radical (unpaired) electrons. The summed E-state index contributed by atoms with van der Waals surface area (Å²) in [6.45, 7) is 0. The second-order valence-electron chi connectivity index (χ2n) is 8.73. The highest BCUT2D eigenvalue weighted by Crippen LogP contribution is 2.53. The molecule has 6 rings (SSSR count). The first kappa shape index (κ1) is 22.7. The van der Waals surface area contributed by atoms with E-state index in [1.54, 1.807) is 48.5 Å². The Morgan fingerprint density at radius 1 is 0.722 bits per heavy atom. The van der Waals surface area contributed by atoms with E-state index in [9.17, 15) is 13.2 Å². The molecule has 0 saturated heterocycles. The Balaban J connectivity index is 1.68. The van der Waals surface area contributed by atoms with Crippen LogP contribution in [0.4, 0.5) is 5.69 Å². The number of fused-ring (bicyclic) bond motifs is 4. The molecule has 0 saturated carbocycles. The molecule has 4 aromatic carbocycles. The predicted octanol–water partition coefficient (Wildman–Crippen LogP) is 6.74. The van der Waals surface area contributed by atoms with Crippen LogP contribution in [-0.4, -0.2) is 14.2 Å². The van der Waals surface area contributed by atoms with E-state index in [-0.39, 0.29) is 10.7 Å². The smallest absolute Gasteiger partial charge is 0.268 e. The van der Waals surface area contributed by atoms with Crippen molar-refractivity contribution in [3.63, 3.8) is 0 Å². The van der Waals surface area contributed by atoms with Crippen LogP contribution in [0, 0.1) is 0 Å². The van der Waals surface area contributed by atoms with Gasteiger partial charge in [0.25, 0.3) is 10.0 Å². The summed E-state index contributed by atoms with van der Waals surface area (Å²) in [5.41, 5.74) is 3.28. The maximum Gasteiger partial charge on any atom is 0.268 e. The van der Waals surface area contributed by atoms with Gasteiger partial charge in [0.15, 0.2) is 5.78 Å². The lowest BCUT2D eigenvalue weighted by molar-refractivity contribution is 0.104. The molecule has 0 amide bonds. The van der Waals surface area contributed by atoms with E-state index in [2.05, 4.69) is 15.9 Å². The molecule has 4 nitrogen and oxygen atoms in total. The van der Waals surface area contributed by atoms with Gasteiger partial charge in [-0.15, -0.1) is 0 Å². The highest BCUT2D eigenvalue weighted by molar-refractivity contribution is 9.10. The molecule has 0 fully saturated rings. The van der Waals surface area contributed by atoms with Gasteiger partial charge in [0.1, 0.15) is 0 Å². The van der Waals surface area contributed by atoms with Crippen LogP contribution < -0.4 is 4.31 Å². The van der Waals surface area contributed by atoms with Crippen LogP contribution >= 0.6 is 15.9 Å². The molecule has 0 heterocycles. The number of sulfonamides is 1. The lowest BCUT2D eigenvalue weighted by Crippen LogP contribution is -2.41. The molecule has 36 heavy (non-hydrogen) atoms. The molecule has 176 valence electrons. The summed E-state index contributed by atoms with van der Waals surface area (Å²) in [5, 5.41) is 0. The average molecular weight is 554 g/mol. The van der Waals surface area contributed by atoms with Crippen molar-refractivity contribution in [3.8, 4) is 0 Å². The van der Waals surface area contributed by atoms with Crippen molar-refractivity contribution in [2.75, 3.05) is 4.31 Å². The van der Waals surface area contributed by atoms with E-state index in [0.29, 0.717) is 16.9 Å². The maximum atomic E-state index is 14.4. The Morgan fingerprint density at radius 2 is 1.36 bits per heavy atom. The van der Waals surface area contributed by atoms with Crippen LogP contribution in [0.3, 0.4) is 0 Å². The minimum atomic E-state index is -4.04. The molecule has 0 unspecified atom stereocenters. The second-order valence-corrected chi connectivity index (χ2v) is 11.4. The van der Waals surface area contributed by atoms with E-state index in [4.69, 9.17) is 0 Å². The van der Waals surface area contributed by atoms with Gasteiger partial charge in [0, 0.05) is 10.0 Å². The number of anilines is 1. The van der Waals surface area contributed by atoms with Gasteiger partial charge in [-0.25, -0.2) is 12.7 Å². The number of para-hydroxylation sites is 1. The normalized spacial score (nSPS) is 18.0. The molecule has 1 atom stereocenters. The number of hydrogen-bond acceptors (Lipinski definition) is 3. The standard InChI is InChI=1S/C30H20BrNO3S/c31-22-14-16-24(17-15-22)36(34,35)32(23-9-2-1-3-10-23)29-20-21-8-4-6-12-26(21)30(29)19-18-28(33)25-11-5-7-13-27(25)30/h1-20H/t30-/m0/s1. The first-order valence-electron chi connectivity index (χ1n) is 11.4. The Labute approximate surface area is 218 Å². The molecular formula is C30H20BrNO3S. The number of hydrogen-bond donors (Lipinski definition) is 0. The van der Waals surface area contributed by atoms with Gasteiger partial charge < -0.3 is 0 Å². The quantitative estimate of drug-likeness (QED) is 0.281. The first-order valence-corrected chi connectivity index (χ1v) is 13.7. The van der Waals surface area contributed by atoms with E-state index < -0.39 is 15.4 Å². The van der Waals surface area contributed by atoms with Gasteiger partial charge in [-0.2, -0.15) is 0 Å². The predicted molar refractivity (Wildman–Crippen MR) is 145 cm³/mol. The van der Waals surface area contributed by atoms with E-state index in [0.717, 1.165) is 21.2 Å². The number of rotatable bonds is 4. The molecule has 0 bridgehead atoms. The largest absolute Gasteiger partial charge is 0.289 e. The lowest BCUT2D eigenvalue weighted by Gasteiger charge is -2.40. The molecule has 6 heteroatoms. The minimum Gasteiger partial charge on any atom is -0.289 e. The highest BCUT2D eigenvalue weighted by Gasteiger charge is 2.49. The Hall–Kier alpha value is -3.74. The van der Waals surface area contributed by atoms with Crippen molar-refractivity contribution in [2.45, 2.75) is 10.3 Å². The number of benzene rings is 4. The maximum absolute atomic E-state index is 14.4. The van der Waals surface area contributed by atoms with Crippen LogP contribution in [-0.2, 0) is 15.4 Å². The summed E-state index contributed by atoms with van der Waals surface area (Å²) in [6.07, 6.45) is 5.34. The molecule has 2 aliphatic carbocycles. The lowest BCUT2D eigenvalue weighted by atomic mass is 9.69. The Morgan fingerprint density at radius 3 is 2.11 bits per heavy atom. The summed E-state index contributed by atoms with van der Waals surface area (Å²) in [7, 11) is -4.04. The van der Waals surface area contributed by atoms with Gasteiger partial charge in [0.05, 0.1) is 21.7 Å². The third-order valence-electron chi connectivity index (χ3n) is 6.75. The van der Waals surface area contributed by atoms with Crippen molar-refractivity contribution in [3.05, 3.63) is 148 Å². The molecular weight excluding hydrogens is 534 g/mol. The summed E-state index contributed by atoms with van der Waals surface area (Å²) < 4.78 is 30.9. The molecule has 4 aromatic rings. The van der Waals surface area contributed by atoms with Crippen molar-refractivity contribution in [2.24, 2.45) is 0 Å². The second kappa shape index (κ2) is 8.43. The molecule has 0 aromatic heterocycles. The van der Waals surface area contributed by atoms with Crippen LogP contribution in [0.2, 0.25) is 0 Å². The van der Waals surface area contributed by atoms with Crippen LogP contribution in [0.15, 0.2) is 130 Å². The third-order valence-corrected chi connectivity index (χ3v) is 9.03. The van der Waals surface area contributed by atoms with Crippen molar-refractivity contribution in [1.82, 2.24) is 0 Å². The third kappa shape index (κ3) is 3.33. The van der Waals surface area contributed by atoms with Crippen molar-refractivity contribution < 1.29 is 13.2 Å². The topological polar surface area (TPSA) is 54.5 Å². The van der Waals surface area contributed by atoms with Crippen LogP contribution in [0.25, 0.3) is 6.08 Å². The summed E-state index contributed by atoms with van der Waals surface area (Å²) >= 11 is 3.40. The van der Waals surface area contributed by atoms with E-state index in [1.165, 1.54) is 4.31 Å². The van der Waals surface area contributed by atoms with Gasteiger partial charge >= 0.3 is 0 Å². The number of nitrogens with zero attached hydrogens (tertiary/aromatic N) is 1. The summed E-state index contributed by atoms with van der Waals surface area (Å²) in [6, 6.07) is 31.0. The first-order chi connectivity index (χ1) is 17.4. The number of halogens is 1. The highest BCUT2D eigenvalue weighted by atomic mass is 79.9. The van der Waals surface area contributed by atoms with E-state index in [1.807, 2.05) is 72.8 Å². The van der Waals surface area contributed by atoms with Crippen LogP contribution in [0.1, 0.15) is 27.0 Å². The fraction of sp³-hybridized carbons (Fsp3) is 0.0333. The zero-order valence-electron chi connectivity index (χ0n) is 19.0. The Kier molecular flexibility index (Phi) is 5.32.